The minimum absolute atomic E-state index is 0.118. The Morgan fingerprint density at radius 1 is 1.03 bits per heavy atom. The van der Waals surface area contributed by atoms with Crippen molar-refractivity contribution in [3.05, 3.63) is 47.8 Å². The Kier molecular flexibility index (Phi) is 5.38. The molecule has 6 heteroatoms. The number of rotatable bonds is 4. The number of fused-ring (bicyclic) bond motifs is 1. The monoisotopic (exact) mass is 417 g/mol. The molecule has 5 rings (SSSR count). The Labute approximate surface area is 183 Å². The first-order valence-electron chi connectivity index (χ1n) is 11.6. The Hall–Kier alpha value is -2.89. The van der Waals surface area contributed by atoms with Crippen LogP contribution < -0.4 is 10.2 Å². The van der Waals surface area contributed by atoms with Crippen LogP contribution >= 0.6 is 0 Å². The summed E-state index contributed by atoms with van der Waals surface area (Å²) in [6, 6.07) is 9.00. The molecule has 3 heterocycles. The van der Waals surface area contributed by atoms with Gasteiger partial charge in [0.05, 0.1) is 5.69 Å². The summed E-state index contributed by atoms with van der Waals surface area (Å²) >= 11 is 0. The molecular weight excluding hydrogens is 386 g/mol. The molecule has 2 aliphatic rings. The highest BCUT2D eigenvalue weighted by molar-refractivity contribution is 5.80. The van der Waals surface area contributed by atoms with Crippen molar-refractivity contribution in [3.63, 3.8) is 0 Å². The van der Waals surface area contributed by atoms with Crippen molar-refractivity contribution < 1.29 is 4.79 Å². The third-order valence-corrected chi connectivity index (χ3v) is 7.04. The van der Waals surface area contributed by atoms with E-state index in [2.05, 4.69) is 53.3 Å². The van der Waals surface area contributed by atoms with E-state index in [0.29, 0.717) is 6.04 Å². The van der Waals surface area contributed by atoms with Crippen LogP contribution in [0.1, 0.15) is 49.7 Å². The molecule has 3 aromatic rings. The Balaban J connectivity index is 1.32. The van der Waals surface area contributed by atoms with Crippen molar-refractivity contribution in [1.29, 1.82) is 0 Å². The first-order chi connectivity index (χ1) is 15.1. The van der Waals surface area contributed by atoms with E-state index in [9.17, 15) is 4.79 Å². The zero-order valence-electron chi connectivity index (χ0n) is 18.5. The number of hydrogen-bond acceptors (Lipinski definition) is 4. The fraction of sp³-hybridized carbons (Fsp3) is 0.480. The second-order valence-electron chi connectivity index (χ2n) is 9.16. The van der Waals surface area contributed by atoms with Crippen molar-refractivity contribution in [2.24, 2.45) is 5.92 Å². The van der Waals surface area contributed by atoms with E-state index < -0.39 is 0 Å². The number of benzene rings is 1. The SMILES string of the molecule is Cc1ccc(-c2cc3c(N4CCC(C(=O)NC5CCCC5)CC4)nccn3n2)cc1C. The molecule has 2 fully saturated rings. The van der Waals surface area contributed by atoms with Gasteiger partial charge >= 0.3 is 0 Å². The third-order valence-electron chi connectivity index (χ3n) is 7.04. The molecule has 162 valence electrons. The molecule has 0 spiro atoms. The summed E-state index contributed by atoms with van der Waals surface area (Å²) in [4.78, 5) is 19.7. The van der Waals surface area contributed by atoms with Gasteiger partial charge in [0.15, 0.2) is 5.82 Å². The van der Waals surface area contributed by atoms with Crippen molar-refractivity contribution in [3.8, 4) is 11.3 Å². The van der Waals surface area contributed by atoms with Gasteiger partial charge in [-0.3, -0.25) is 4.79 Å². The number of aromatic nitrogens is 3. The third kappa shape index (κ3) is 4.03. The zero-order valence-corrected chi connectivity index (χ0v) is 18.5. The van der Waals surface area contributed by atoms with Crippen LogP contribution in [0.3, 0.4) is 0 Å². The predicted molar refractivity (Wildman–Crippen MR) is 123 cm³/mol. The Bertz CT molecular complexity index is 1090. The highest BCUT2D eigenvalue weighted by Gasteiger charge is 2.28. The first-order valence-corrected chi connectivity index (χ1v) is 11.6. The van der Waals surface area contributed by atoms with Crippen molar-refractivity contribution in [2.45, 2.75) is 58.4 Å². The summed E-state index contributed by atoms with van der Waals surface area (Å²) in [5.74, 6) is 1.33. The van der Waals surface area contributed by atoms with E-state index in [-0.39, 0.29) is 11.8 Å². The van der Waals surface area contributed by atoms with E-state index in [4.69, 9.17) is 5.10 Å². The van der Waals surface area contributed by atoms with Crippen LogP contribution in [-0.4, -0.2) is 39.6 Å². The maximum atomic E-state index is 12.7. The highest BCUT2D eigenvalue weighted by Crippen LogP contribution is 2.29. The number of anilines is 1. The van der Waals surface area contributed by atoms with Crippen LogP contribution in [0.4, 0.5) is 5.82 Å². The molecule has 0 atom stereocenters. The number of amides is 1. The summed E-state index contributed by atoms with van der Waals surface area (Å²) in [5.41, 5.74) is 5.66. The fourth-order valence-electron chi connectivity index (χ4n) is 4.94. The van der Waals surface area contributed by atoms with Gasteiger partial charge in [0.1, 0.15) is 5.52 Å². The van der Waals surface area contributed by atoms with Gasteiger partial charge in [-0.25, -0.2) is 9.50 Å². The molecule has 2 aromatic heterocycles. The average Bonchev–Trinajstić information content (AvgIpc) is 3.45. The molecular formula is C25H31N5O. The average molecular weight is 418 g/mol. The number of nitrogens with one attached hydrogen (secondary N) is 1. The number of aryl methyl sites for hydroxylation is 2. The molecule has 1 N–H and O–H groups in total. The van der Waals surface area contributed by atoms with Gasteiger partial charge in [0.2, 0.25) is 5.91 Å². The second-order valence-corrected chi connectivity index (χ2v) is 9.16. The molecule has 0 unspecified atom stereocenters. The van der Waals surface area contributed by atoms with Crippen LogP contribution in [0.5, 0.6) is 0 Å². The van der Waals surface area contributed by atoms with E-state index in [1.165, 1.54) is 24.0 Å². The normalized spacial score (nSPS) is 18.1. The lowest BCUT2D eigenvalue weighted by Gasteiger charge is -2.32. The standard InChI is InChI=1S/C25H31N5O/c1-17-7-8-20(15-18(17)2)22-16-23-24(26-11-14-30(23)28-22)29-12-9-19(10-13-29)25(31)27-21-5-3-4-6-21/h7-8,11,14-16,19,21H,3-6,9-10,12-13H2,1-2H3,(H,27,31). The first kappa shape index (κ1) is 20.0. The summed E-state index contributed by atoms with van der Waals surface area (Å²) < 4.78 is 1.92. The summed E-state index contributed by atoms with van der Waals surface area (Å²) in [7, 11) is 0. The van der Waals surface area contributed by atoms with Gasteiger partial charge in [-0.1, -0.05) is 25.0 Å². The van der Waals surface area contributed by atoms with Crippen molar-refractivity contribution in [2.75, 3.05) is 18.0 Å². The van der Waals surface area contributed by atoms with Crippen LogP contribution in [-0.2, 0) is 4.79 Å². The van der Waals surface area contributed by atoms with Gasteiger partial charge in [0.25, 0.3) is 0 Å². The lowest BCUT2D eigenvalue weighted by Crippen LogP contribution is -2.43. The number of nitrogens with zero attached hydrogens (tertiary/aromatic N) is 4. The van der Waals surface area contributed by atoms with Crippen molar-refractivity contribution in [1.82, 2.24) is 19.9 Å². The lowest BCUT2D eigenvalue weighted by molar-refractivity contribution is -0.126. The molecule has 1 amide bonds. The molecule has 1 saturated heterocycles. The molecule has 0 bridgehead atoms. The minimum Gasteiger partial charge on any atom is -0.355 e. The Morgan fingerprint density at radius 3 is 2.55 bits per heavy atom. The molecule has 6 nitrogen and oxygen atoms in total. The highest BCUT2D eigenvalue weighted by atomic mass is 16.1. The van der Waals surface area contributed by atoms with Crippen LogP contribution in [0, 0.1) is 19.8 Å². The maximum absolute atomic E-state index is 12.7. The largest absolute Gasteiger partial charge is 0.355 e. The fourth-order valence-corrected chi connectivity index (χ4v) is 4.94. The summed E-state index contributed by atoms with van der Waals surface area (Å²) in [5, 5.41) is 8.07. The smallest absolute Gasteiger partial charge is 0.223 e. The van der Waals surface area contributed by atoms with Crippen LogP contribution in [0.15, 0.2) is 36.7 Å². The van der Waals surface area contributed by atoms with Gasteiger partial charge < -0.3 is 10.2 Å². The van der Waals surface area contributed by atoms with E-state index in [1.807, 2.05) is 16.9 Å². The second kappa shape index (κ2) is 8.33. The number of carbonyl (C=O) groups is 1. The topological polar surface area (TPSA) is 62.5 Å². The van der Waals surface area contributed by atoms with Gasteiger partial charge in [-0.2, -0.15) is 5.10 Å². The number of hydrogen-bond donors (Lipinski definition) is 1. The van der Waals surface area contributed by atoms with Gasteiger partial charge in [-0.05, 0) is 62.8 Å². The number of piperidine rings is 1. The lowest BCUT2D eigenvalue weighted by atomic mass is 9.95. The molecule has 1 aliphatic carbocycles. The molecule has 1 aromatic carbocycles. The van der Waals surface area contributed by atoms with Crippen molar-refractivity contribution >= 4 is 17.2 Å². The zero-order chi connectivity index (χ0) is 21.4. The molecule has 1 saturated carbocycles. The van der Waals surface area contributed by atoms with Gasteiger partial charge in [-0.15, -0.1) is 0 Å². The minimum atomic E-state index is 0.118. The Morgan fingerprint density at radius 2 is 1.81 bits per heavy atom. The summed E-state index contributed by atoms with van der Waals surface area (Å²) in [6.07, 6.45) is 10.2. The van der Waals surface area contributed by atoms with Crippen LogP contribution in [0.2, 0.25) is 0 Å². The molecule has 0 radical (unpaired) electrons. The molecule has 31 heavy (non-hydrogen) atoms. The maximum Gasteiger partial charge on any atom is 0.223 e. The van der Waals surface area contributed by atoms with E-state index >= 15 is 0 Å². The van der Waals surface area contributed by atoms with Crippen LogP contribution in [0.25, 0.3) is 16.8 Å². The van der Waals surface area contributed by atoms with Gasteiger partial charge in [0, 0.05) is 43.0 Å². The van der Waals surface area contributed by atoms with E-state index in [1.54, 1.807) is 0 Å². The predicted octanol–water partition coefficient (Wildman–Crippen LogP) is 4.29. The number of carbonyl (C=O) groups excluding carboxylic acids is 1. The summed E-state index contributed by atoms with van der Waals surface area (Å²) in [6.45, 7) is 5.95. The quantitative estimate of drug-likeness (QED) is 0.688. The van der Waals surface area contributed by atoms with E-state index in [0.717, 1.165) is 61.4 Å². The molecule has 1 aliphatic heterocycles.